The van der Waals surface area contributed by atoms with E-state index in [4.69, 9.17) is 9.47 Å². The van der Waals surface area contributed by atoms with Crippen molar-refractivity contribution < 1.29 is 14.6 Å². The maximum Gasteiger partial charge on any atom is 0.162 e. The number of hydrogen-bond donors (Lipinski definition) is 1. The highest BCUT2D eigenvalue weighted by molar-refractivity contribution is 9.10. The molecule has 1 aromatic carbocycles. The summed E-state index contributed by atoms with van der Waals surface area (Å²) in [6, 6.07) is 3.74. The Morgan fingerprint density at radius 3 is 2.33 bits per heavy atom. The van der Waals surface area contributed by atoms with Crippen molar-refractivity contribution in [3.63, 3.8) is 0 Å². The van der Waals surface area contributed by atoms with Gasteiger partial charge in [-0.05, 0) is 29.5 Å². The van der Waals surface area contributed by atoms with Crippen LogP contribution in [0.1, 0.15) is 38.9 Å². The molecule has 100 valence electrons. The molecule has 0 aromatic heterocycles. The highest BCUT2D eigenvalue weighted by Gasteiger charge is 2.23. The largest absolute Gasteiger partial charge is 0.486 e. The van der Waals surface area contributed by atoms with Crippen molar-refractivity contribution in [2.75, 3.05) is 13.2 Å². The third-order valence-corrected chi connectivity index (χ3v) is 3.51. The van der Waals surface area contributed by atoms with Gasteiger partial charge in [-0.15, -0.1) is 0 Å². The molecule has 0 aliphatic carbocycles. The molecule has 3 nitrogen and oxygen atoms in total. The number of hydrogen-bond acceptors (Lipinski definition) is 3. The molecule has 1 aromatic rings. The molecule has 1 aliphatic rings. The average molecular weight is 315 g/mol. The lowest BCUT2D eigenvalue weighted by molar-refractivity contribution is 0.120. The van der Waals surface area contributed by atoms with Crippen molar-refractivity contribution >= 4 is 15.9 Å². The van der Waals surface area contributed by atoms with Gasteiger partial charge >= 0.3 is 0 Å². The van der Waals surface area contributed by atoms with E-state index < -0.39 is 6.10 Å². The first kappa shape index (κ1) is 13.7. The van der Waals surface area contributed by atoms with Crippen LogP contribution in [0.15, 0.2) is 16.6 Å². The van der Waals surface area contributed by atoms with Crippen LogP contribution < -0.4 is 9.47 Å². The van der Waals surface area contributed by atoms with Gasteiger partial charge in [0.2, 0.25) is 0 Å². The van der Waals surface area contributed by atoms with Crippen LogP contribution in [0.25, 0.3) is 0 Å². The van der Waals surface area contributed by atoms with Gasteiger partial charge in [0, 0.05) is 4.47 Å². The van der Waals surface area contributed by atoms with E-state index in [0.29, 0.717) is 25.4 Å². The van der Waals surface area contributed by atoms with Crippen LogP contribution in [0, 0.1) is 5.41 Å². The number of aliphatic hydroxyl groups is 1. The molecule has 1 unspecified atom stereocenters. The summed E-state index contributed by atoms with van der Waals surface area (Å²) >= 11 is 3.49. The summed E-state index contributed by atoms with van der Waals surface area (Å²) in [6.07, 6.45) is 0.195. The monoisotopic (exact) mass is 314 g/mol. The van der Waals surface area contributed by atoms with Gasteiger partial charge in [-0.1, -0.05) is 36.7 Å². The van der Waals surface area contributed by atoms with Gasteiger partial charge in [-0.25, -0.2) is 0 Å². The second-order valence-electron chi connectivity index (χ2n) is 5.80. The summed E-state index contributed by atoms with van der Waals surface area (Å²) in [7, 11) is 0. The summed E-state index contributed by atoms with van der Waals surface area (Å²) < 4.78 is 11.9. The third kappa shape index (κ3) is 3.18. The van der Waals surface area contributed by atoms with E-state index in [1.165, 1.54) is 0 Å². The quantitative estimate of drug-likeness (QED) is 0.904. The standard InChI is InChI=1S/C14H19BrO3/c1-14(2,3)8-11(16)9-6-12-13(7-10(9)15)18-5-4-17-12/h6-7,11,16H,4-5,8H2,1-3H3. The minimum atomic E-state index is -0.504. The lowest BCUT2D eigenvalue weighted by atomic mass is 9.87. The van der Waals surface area contributed by atoms with E-state index in [1.54, 1.807) is 0 Å². The molecule has 0 bridgehead atoms. The highest BCUT2D eigenvalue weighted by atomic mass is 79.9. The third-order valence-electron chi connectivity index (χ3n) is 2.83. The Kier molecular flexibility index (Phi) is 3.87. The number of fused-ring (bicyclic) bond motifs is 1. The second-order valence-corrected chi connectivity index (χ2v) is 6.65. The summed E-state index contributed by atoms with van der Waals surface area (Å²) in [4.78, 5) is 0. The molecule has 1 N–H and O–H groups in total. The van der Waals surface area contributed by atoms with Gasteiger partial charge in [0.25, 0.3) is 0 Å². The number of benzene rings is 1. The molecule has 1 aliphatic heterocycles. The predicted octanol–water partition coefficient (Wildman–Crippen LogP) is 3.69. The van der Waals surface area contributed by atoms with Crippen LogP contribution in [0.2, 0.25) is 0 Å². The van der Waals surface area contributed by atoms with Crippen molar-refractivity contribution in [3.05, 3.63) is 22.2 Å². The fourth-order valence-corrected chi connectivity index (χ4v) is 2.61. The van der Waals surface area contributed by atoms with Gasteiger partial charge in [0.15, 0.2) is 11.5 Å². The van der Waals surface area contributed by atoms with Crippen LogP contribution >= 0.6 is 15.9 Å². The number of aliphatic hydroxyl groups excluding tert-OH is 1. The topological polar surface area (TPSA) is 38.7 Å². The highest BCUT2D eigenvalue weighted by Crippen LogP contribution is 2.40. The average Bonchev–Trinajstić information content (AvgIpc) is 2.25. The Balaban J connectivity index is 2.27. The van der Waals surface area contributed by atoms with Crippen LogP contribution in [0.4, 0.5) is 0 Å². The molecule has 1 heterocycles. The normalized spacial score (nSPS) is 16.5. The van der Waals surface area contributed by atoms with E-state index in [2.05, 4.69) is 36.7 Å². The maximum atomic E-state index is 10.3. The second kappa shape index (κ2) is 5.10. The minimum Gasteiger partial charge on any atom is -0.486 e. The van der Waals surface area contributed by atoms with E-state index in [0.717, 1.165) is 15.8 Å². The van der Waals surface area contributed by atoms with Crippen LogP contribution in [-0.4, -0.2) is 18.3 Å². The van der Waals surface area contributed by atoms with E-state index in [9.17, 15) is 5.11 Å². The maximum absolute atomic E-state index is 10.3. The molecule has 4 heteroatoms. The SMILES string of the molecule is CC(C)(C)CC(O)c1cc2c(cc1Br)OCCO2. The number of halogens is 1. The van der Waals surface area contributed by atoms with E-state index in [-0.39, 0.29) is 5.41 Å². The molecule has 18 heavy (non-hydrogen) atoms. The first-order valence-corrected chi connectivity index (χ1v) is 6.93. The Labute approximate surface area is 116 Å². The fraction of sp³-hybridized carbons (Fsp3) is 0.571. The molecule has 0 spiro atoms. The van der Waals surface area contributed by atoms with Crippen molar-refractivity contribution in [2.45, 2.75) is 33.3 Å². The van der Waals surface area contributed by atoms with Gasteiger partial charge in [0.05, 0.1) is 6.10 Å². The smallest absolute Gasteiger partial charge is 0.162 e. The zero-order valence-corrected chi connectivity index (χ0v) is 12.6. The van der Waals surface area contributed by atoms with Gasteiger partial charge in [0.1, 0.15) is 13.2 Å². The predicted molar refractivity (Wildman–Crippen MR) is 74.2 cm³/mol. The van der Waals surface area contributed by atoms with Crippen molar-refractivity contribution in [1.29, 1.82) is 0 Å². The first-order chi connectivity index (χ1) is 8.37. The summed E-state index contributed by atoms with van der Waals surface area (Å²) in [6.45, 7) is 7.47. The molecule has 0 saturated carbocycles. The number of ether oxygens (including phenoxy) is 2. The van der Waals surface area contributed by atoms with Crippen molar-refractivity contribution in [1.82, 2.24) is 0 Å². The Hall–Kier alpha value is -0.740. The van der Waals surface area contributed by atoms with Crippen molar-refractivity contribution in [2.24, 2.45) is 5.41 Å². The minimum absolute atomic E-state index is 0.0755. The number of rotatable bonds is 2. The zero-order chi connectivity index (χ0) is 13.3. The van der Waals surface area contributed by atoms with Gasteiger partial charge < -0.3 is 14.6 Å². The van der Waals surface area contributed by atoms with Crippen LogP contribution in [-0.2, 0) is 0 Å². The zero-order valence-electron chi connectivity index (χ0n) is 11.0. The molecular formula is C14H19BrO3. The molecular weight excluding hydrogens is 296 g/mol. The fourth-order valence-electron chi connectivity index (χ4n) is 2.03. The Bertz CT molecular complexity index is 437. The Morgan fingerprint density at radius 1 is 1.22 bits per heavy atom. The van der Waals surface area contributed by atoms with E-state index in [1.807, 2.05) is 12.1 Å². The van der Waals surface area contributed by atoms with E-state index >= 15 is 0 Å². The van der Waals surface area contributed by atoms with Gasteiger partial charge in [-0.2, -0.15) is 0 Å². The summed E-state index contributed by atoms with van der Waals surface area (Å²) in [5.41, 5.74) is 0.931. The molecule has 1 atom stereocenters. The first-order valence-electron chi connectivity index (χ1n) is 6.14. The molecule has 0 fully saturated rings. The van der Waals surface area contributed by atoms with Crippen molar-refractivity contribution in [3.8, 4) is 11.5 Å². The Morgan fingerprint density at radius 2 is 1.78 bits per heavy atom. The molecule has 0 amide bonds. The van der Waals surface area contributed by atoms with Crippen LogP contribution in [0.3, 0.4) is 0 Å². The molecule has 0 saturated heterocycles. The summed E-state index contributed by atoms with van der Waals surface area (Å²) in [5, 5.41) is 10.3. The lowest BCUT2D eigenvalue weighted by Crippen LogP contribution is -2.17. The molecule has 0 radical (unpaired) electrons. The summed E-state index contributed by atoms with van der Waals surface area (Å²) in [5.74, 6) is 1.45. The van der Waals surface area contributed by atoms with Gasteiger partial charge in [-0.3, -0.25) is 0 Å². The lowest BCUT2D eigenvalue weighted by Gasteiger charge is -2.25. The van der Waals surface area contributed by atoms with Crippen LogP contribution in [0.5, 0.6) is 11.5 Å². The molecule has 2 rings (SSSR count).